The molecule has 1 N–H and O–H groups in total. The highest BCUT2D eigenvalue weighted by molar-refractivity contribution is 5.77. The van der Waals surface area contributed by atoms with Gasteiger partial charge in [-0.3, -0.25) is 9.63 Å². The van der Waals surface area contributed by atoms with Gasteiger partial charge in [-0.05, 0) is 30.5 Å². The second kappa shape index (κ2) is 8.27. The van der Waals surface area contributed by atoms with E-state index < -0.39 is 0 Å². The molecule has 1 aliphatic heterocycles. The summed E-state index contributed by atoms with van der Waals surface area (Å²) in [6.45, 7) is 1.88. The maximum atomic E-state index is 12.2. The van der Waals surface area contributed by atoms with Gasteiger partial charge in [0.25, 0.3) is 0 Å². The normalized spacial score (nSPS) is 14.8. The molecule has 0 atom stereocenters. The SMILES string of the molecule is N#Cc1ccc(N2CCC(C(=O)NOCc3ccccc3)CC2)nc1. The average molecular weight is 336 g/mol. The van der Waals surface area contributed by atoms with Crippen LogP contribution in [0.15, 0.2) is 48.7 Å². The first-order valence-electron chi connectivity index (χ1n) is 8.33. The molecule has 128 valence electrons. The van der Waals surface area contributed by atoms with E-state index in [0.717, 1.165) is 37.3 Å². The van der Waals surface area contributed by atoms with Crippen molar-refractivity contribution < 1.29 is 9.63 Å². The lowest BCUT2D eigenvalue weighted by atomic mass is 9.96. The van der Waals surface area contributed by atoms with E-state index in [9.17, 15) is 4.79 Å². The largest absolute Gasteiger partial charge is 0.357 e. The number of amides is 1. The number of benzene rings is 1. The summed E-state index contributed by atoms with van der Waals surface area (Å²) < 4.78 is 0. The molecule has 0 saturated carbocycles. The Kier molecular flexibility index (Phi) is 5.60. The quantitative estimate of drug-likeness (QED) is 0.849. The summed E-state index contributed by atoms with van der Waals surface area (Å²) in [6, 6.07) is 15.4. The van der Waals surface area contributed by atoms with Crippen LogP contribution < -0.4 is 10.4 Å². The minimum atomic E-state index is -0.0663. The van der Waals surface area contributed by atoms with Crippen molar-refractivity contribution in [3.05, 3.63) is 59.8 Å². The molecule has 1 aliphatic rings. The van der Waals surface area contributed by atoms with Crippen LogP contribution in [0.3, 0.4) is 0 Å². The lowest BCUT2D eigenvalue weighted by Crippen LogP contribution is -2.40. The van der Waals surface area contributed by atoms with Crippen LogP contribution in [0.5, 0.6) is 0 Å². The van der Waals surface area contributed by atoms with Gasteiger partial charge in [0, 0.05) is 25.2 Å². The number of piperidine rings is 1. The Morgan fingerprint density at radius 2 is 2.00 bits per heavy atom. The van der Waals surface area contributed by atoms with Gasteiger partial charge in [0.2, 0.25) is 5.91 Å². The Morgan fingerprint density at radius 3 is 2.64 bits per heavy atom. The smallest absolute Gasteiger partial charge is 0.246 e. The van der Waals surface area contributed by atoms with E-state index in [2.05, 4.69) is 21.4 Å². The van der Waals surface area contributed by atoms with Gasteiger partial charge in [-0.25, -0.2) is 10.5 Å². The van der Waals surface area contributed by atoms with Crippen molar-refractivity contribution in [3.63, 3.8) is 0 Å². The van der Waals surface area contributed by atoms with Crippen molar-refractivity contribution in [1.29, 1.82) is 5.26 Å². The van der Waals surface area contributed by atoms with Crippen molar-refractivity contribution in [2.24, 2.45) is 5.92 Å². The number of pyridine rings is 1. The first-order chi connectivity index (χ1) is 12.3. The molecular weight excluding hydrogens is 316 g/mol. The zero-order valence-corrected chi connectivity index (χ0v) is 13.9. The van der Waals surface area contributed by atoms with Crippen LogP contribution in [0.25, 0.3) is 0 Å². The van der Waals surface area contributed by atoms with Gasteiger partial charge in [-0.1, -0.05) is 30.3 Å². The molecule has 1 saturated heterocycles. The summed E-state index contributed by atoms with van der Waals surface area (Å²) in [5.41, 5.74) is 4.13. The number of nitrogens with zero attached hydrogens (tertiary/aromatic N) is 3. The molecule has 3 rings (SSSR count). The Hall–Kier alpha value is -2.91. The molecule has 0 spiro atoms. The number of carbonyl (C=O) groups excluding carboxylic acids is 1. The van der Waals surface area contributed by atoms with Crippen LogP contribution in [0, 0.1) is 17.2 Å². The standard InChI is InChI=1S/C19H20N4O2/c20-12-16-6-7-18(21-13-16)23-10-8-17(9-11-23)19(24)22-25-14-15-4-2-1-3-5-15/h1-7,13,17H,8-11,14H2,(H,22,24). The summed E-state index contributed by atoms with van der Waals surface area (Å²) in [4.78, 5) is 24.0. The van der Waals surface area contributed by atoms with Crippen molar-refractivity contribution in [3.8, 4) is 6.07 Å². The number of hydrogen-bond acceptors (Lipinski definition) is 5. The monoisotopic (exact) mass is 336 g/mol. The Morgan fingerprint density at radius 1 is 1.24 bits per heavy atom. The highest BCUT2D eigenvalue weighted by Crippen LogP contribution is 2.22. The molecule has 2 heterocycles. The number of nitrogens with one attached hydrogen (secondary N) is 1. The van der Waals surface area contributed by atoms with E-state index in [1.54, 1.807) is 12.3 Å². The van der Waals surface area contributed by atoms with Crippen molar-refractivity contribution >= 4 is 11.7 Å². The molecule has 25 heavy (non-hydrogen) atoms. The third-order valence-corrected chi connectivity index (χ3v) is 4.32. The van der Waals surface area contributed by atoms with E-state index in [0.29, 0.717) is 12.2 Å². The van der Waals surface area contributed by atoms with Gasteiger partial charge >= 0.3 is 0 Å². The van der Waals surface area contributed by atoms with Crippen molar-refractivity contribution in [1.82, 2.24) is 10.5 Å². The van der Waals surface area contributed by atoms with Gasteiger partial charge in [-0.2, -0.15) is 5.26 Å². The van der Waals surface area contributed by atoms with E-state index in [4.69, 9.17) is 10.1 Å². The maximum absolute atomic E-state index is 12.2. The Balaban J connectivity index is 1.43. The predicted molar refractivity (Wildman–Crippen MR) is 93.3 cm³/mol. The molecular formula is C19H20N4O2. The molecule has 0 aliphatic carbocycles. The number of hydrogen-bond donors (Lipinski definition) is 1. The zero-order chi connectivity index (χ0) is 17.5. The minimum Gasteiger partial charge on any atom is -0.357 e. The molecule has 1 amide bonds. The van der Waals surface area contributed by atoms with Crippen LogP contribution in [0.1, 0.15) is 24.0 Å². The van der Waals surface area contributed by atoms with E-state index in [-0.39, 0.29) is 11.8 Å². The lowest BCUT2D eigenvalue weighted by molar-refractivity contribution is -0.139. The number of aromatic nitrogens is 1. The number of rotatable bonds is 5. The molecule has 1 aromatic carbocycles. The molecule has 1 aromatic heterocycles. The third kappa shape index (κ3) is 4.55. The van der Waals surface area contributed by atoms with Gasteiger partial charge < -0.3 is 4.90 Å². The van der Waals surface area contributed by atoms with Gasteiger partial charge in [-0.15, -0.1) is 0 Å². The molecule has 6 nitrogen and oxygen atoms in total. The fourth-order valence-corrected chi connectivity index (χ4v) is 2.86. The highest BCUT2D eigenvalue weighted by Gasteiger charge is 2.25. The number of carbonyl (C=O) groups is 1. The van der Waals surface area contributed by atoms with E-state index in [1.165, 1.54) is 0 Å². The highest BCUT2D eigenvalue weighted by atomic mass is 16.6. The minimum absolute atomic E-state index is 0.0506. The van der Waals surface area contributed by atoms with Crippen molar-refractivity contribution in [2.75, 3.05) is 18.0 Å². The first-order valence-corrected chi connectivity index (χ1v) is 8.33. The fourth-order valence-electron chi connectivity index (χ4n) is 2.86. The second-order valence-corrected chi connectivity index (χ2v) is 6.02. The van der Waals surface area contributed by atoms with Crippen LogP contribution in [0.4, 0.5) is 5.82 Å². The fraction of sp³-hybridized carbons (Fsp3) is 0.316. The van der Waals surface area contributed by atoms with Crippen LogP contribution >= 0.6 is 0 Å². The van der Waals surface area contributed by atoms with E-state index in [1.807, 2.05) is 36.4 Å². The molecule has 0 radical (unpaired) electrons. The summed E-state index contributed by atoms with van der Waals surface area (Å²) in [5, 5.41) is 8.82. The maximum Gasteiger partial charge on any atom is 0.246 e. The number of nitriles is 1. The average Bonchev–Trinajstić information content (AvgIpc) is 2.69. The van der Waals surface area contributed by atoms with Gasteiger partial charge in [0.05, 0.1) is 12.2 Å². The second-order valence-electron chi connectivity index (χ2n) is 6.02. The van der Waals surface area contributed by atoms with Crippen LogP contribution in [0.2, 0.25) is 0 Å². The predicted octanol–water partition coefficient (Wildman–Crippen LogP) is 2.42. The lowest BCUT2D eigenvalue weighted by Gasteiger charge is -2.32. The molecule has 6 heteroatoms. The summed E-state index contributed by atoms with van der Waals surface area (Å²) in [7, 11) is 0. The third-order valence-electron chi connectivity index (χ3n) is 4.32. The topological polar surface area (TPSA) is 78.2 Å². The number of anilines is 1. The molecule has 1 fully saturated rings. The van der Waals surface area contributed by atoms with Crippen LogP contribution in [-0.2, 0) is 16.2 Å². The summed E-state index contributed by atoms with van der Waals surface area (Å²) in [6.07, 6.45) is 3.08. The first kappa shape index (κ1) is 16.9. The molecule has 0 bridgehead atoms. The summed E-state index contributed by atoms with van der Waals surface area (Å²) in [5.74, 6) is 0.729. The van der Waals surface area contributed by atoms with Gasteiger partial charge in [0.15, 0.2) is 0 Å². The van der Waals surface area contributed by atoms with Gasteiger partial charge in [0.1, 0.15) is 11.9 Å². The zero-order valence-electron chi connectivity index (χ0n) is 13.9. The molecule has 0 unspecified atom stereocenters. The Labute approximate surface area is 147 Å². The van der Waals surface area contributed by atoms with E-state index >= 15 is 0 Å². The number of hydroxylamine groups is 1. The van der Waals surface area contributed by atoms with Crippen molar-refractivity contribution in [2.45, 2.75) is 19.4 Å². The van der Waals surface area contributed by atoms with Crippen LogP contribution in [-0.4, -0.2) is 24.0 Å². The molecule has 2 aromatic rings. The Bertz CT molecular complexity index is 732. The summed E-state index contributed by atoms with van der Waals surface area (Å²) >= 11 is 0.